The lowest BCUT2D eigenvalue weighted by molar-refractivity contribution is -0.137. The van der Waals surface area contributed by atoms with Gasteiger partial charge in [-0.15, -0.1) is 0 Å². The minimum atomic E-state index is -4.63. The summed E-state index contributed by atoms with van der Waals surface area (Å²) in [6, 6.07) is 17.2. The van der Waals surface area contributed by atoms with Crippen molar-refractivity contribution in [2.24, 2.45) is 0 Å². The fourth-order valence-corrected chi connectivity index (χ4v) is 3.82. The van der Waals surface area contributed by atoms with Crippen LogP contribution in [0.25, 0.3) is 10.8 Å². The van der Waals surface area contributed by atoms with Gasteiger partial charge >= 0.3 is 6.18 Å². The van der Waals surface area contributed by atoms with Gasteiger partial charge in [0.2, 0.25) is 15.9 Å². The van der Waals surface area contributed by atoms with Crippen molar-refractivity contribution in [1.29, 1.82) is 0 Å². The van der Waals surface area contributed by atoms with E-state index in [-0.39, 0.29) is 12.2 Å². The number of rotatable bonds is 6. The number of hydrogen-bond acceptors (Lipinski definition) is 3. The second-order valence-corrected chi connectivity index (χ2v) is 8.68. The fourth-order valence-electron chi connectivity index (χ4n) is 2.97. The number of hydrogen-bond donors (Lipinski definition) is 1. The molecule has 0 aliphatic carbocycles. The summed E-state index contributed by atoms with van der Waals surface area (Å²) >= 11 is 0. The van der Waals surface area contributed by atoms with Crippen LogP contribution in [0.5, 0.6) is 0 Å². The van der Waals surface area contributed by atoms with Crippen molar-refractivity contribution in [3.8, 4) is 0 Å². The first-order chi connectivity index (χ1) is 14.0. The van der Waals surface area contributed by atoms with E-state index in [0.717, 1.165) is 34.7 Å². The third-order valence-electron chi connectivity index (χ3n) is 4.45. The van der Waals surface area contributed by atoms with Gasteiger partial charge in [-0.05, 0) is 40.6 Å². The van der Waals surface area contributed by atoms with Gasteiger partial charge in [0.05, 0.1) is 17.5 Å². The molecular formula is C21H19F3N2O3S. The van der Waals surface area contributed by atoms with Gasteiger partial charge in [-0.25, -0.2) is 8.42 Å². The van der Waals surface area contributed by atoms with Crippen LogP contribution in [0.1, 0.15) is 11.1 Å². The largest absolute Gasteiger partial charge is 0.416 e. The van der Waals surface area contributed by atoms with Crippen molar-refractivity contribution in [3.63, 3.8) is 0 Å². The molecule has 0 saturated heterocycles. The van der Waals surface area contributed by atoms with E-state index in [9.17, 15) is 26.4 Å². The highest BCUT2D eigenvalue weighted by Crippen LogP contribution is 2.32. The van der Waals surface area contributed by atoms with Gasteiger partial charge in [-0.3, -0.25) is 9.10 Å². The van der Waals surface area contributed by atoms with Crippen molar-refractivity contribution in [2.45, 2.75) is 12.7 Å². The van der Waals surface area contributed by atoms with Gasteiger partial charge in [0.1, 0.15) is 6.54 Å². The molecule has 0 heterocycles. The highest BCUT2D eigenvalue weighted by atomic mass is 32.2. The van der Waals surface area contributed by atoms with Crippen LogP contribution in [0.4, 0.5) is 18.9 Å². The first-order valence-corrected chi connectivity index (χ1v) is 10.8. The molecule has 0 aliphatic rings. The van der Waals surface area contributed by atoms with Crippen molar-refractivity contribution in [3.05, 3.63) is 77.9 Å². The number of carbonyl (C=O) groups is 1. The quantitative estimate of drug-likeness (QED) is 0.637. The zero-order valence-corrected chi connectivity index (χ0v) is 16.8. The number of amides is 1. The summed E-state index contributed by atoms with van der Waals surface area (Å²) < 4.78 is 63.8. The molecule has 0 atom stereocenters. The predicted molar refractivity (Wildman–Crippen MR) is 109 cm³/mol. The van der Waals surface area contributed by atoms with Crippen LogP contribution in [-0.2, 0) is 27.5 Å². The van der Waals surface area contributed by atoms with E-state index >= 15 is 0 Å². The van der Waals surface area contributed by atoms with Gasteiger partial charge in [-0.1, -0.05) is 42.5 Å². The SMILES string of the molecule is CS(=O)(=O)N(CC(=O)NCc1ccc2ccccc2c1)c1cccc(C(F)(F)F)c1. The first kappa shape index (κ1) is 21.6. The number of benzene rings is 3. The number of fused-ring (bicyclic) bond motifs is 1. The Morgan fingerprint density at radius 1 is 0.967 bits per heavy atom. The number of nitrogens with one attached hydrogen (secondary N) is 1. The van der Waals surface area contributed by atoms with E-state index in [1.807, 2.05) is 42.5 Å². The molecule has 0 aliphatic heterocycles. The molecule has 0 unspecified atom stereocenters. The third kappa shape index (κ3) is 5.29. The van der Waals surface area contributed by atoms with Crippen molar-refractivity contribution >= 4 is 32.4 Å². The smallest absolute Gasteiger partial charge is 0.350 e. The van der Waals surface area contributed by atoms with Crippen LogP contribution in [0, 0.1) is 0 Å². The lowest BCUT2D eigenvalue weighted by Gasteiger charge is -2.22. The average molecular weight is 436 g/mol. The standard InChI is InChI=1S/C21H19F3N2O3S/c1-30(28,29)26(19-8-4-7-18(12-19)21(22,23)24)14-20(27)25-13-15-9-10-16-5-2-3-6-17(16)11-15/h2-12H,13-14H2,1H3,(H,25,27). The van der Waals surface area contributed by atoms with Crippen molar-refractivity contribution in [2.75, 3.05) is 17.1 Å². The van der Waals surface area contributed by atoms with E-state index in [1.165, 1.54) is 6.07 Å². The van der Waals surface area contributed by atoms with Gasteiger partial charge in [0.15, 0.2) is 0 Å². The number of alkyl halides is 3. The van der Waals surface area contributed by atoms with Crippen LogP contribution in [-0.4, -0.2) is 27.1 Å². The second-order valence-electron chi connectivity index (χ2n) is 6.78. The van der Waals surface area contributed by atoms with E-state index in [1.54, 1.807) is 0 Å². The Labute approximate surface area is 172 Å². The zero-order chi connectivity index (χ0) is 21.9. The van der Waals surface area contributed by atoms with Crippen molar-refractivity contribution < 1.29 is 26.4 Å². The first-order valence-electron chi connectivity index (χ1n) is 8.93. The number of carbonyl (C=O) groups excluding carboxylic acids is 1. The summed E-state index contributed by atoms with van der Waals surface area (Å²) in [5.41, 5.74) is -0.412. The highest BCUT2D eigenvalue weighted by Gasteiger charge is 2.32. The maximum absolute atomic E-state index is 13.0. The van der Waals surface area contributed by atoms with Crippen LogP contribution in [0.3, 0.4) is 0 Å². The normalized spacial score (nSPS) is 12.0. The topological polar surface area (TPSA) is 66.5 Å². The molecule has 5 nitrogen and oxygen atoms in total. The summed E-state index contributed by atoms with van der Waals surface area (Å²) in [6.45, 7) is -0.475. The molecule has 158 valence electrons. The average Bonchev–Trinajstić information content (AvgIpc) is 2.69. The predicted octanol–water partition coefficient (Wildman–Crippen LogP) is 3.94. The Hall–Kier alpha value is -3.07. The molecule has 0 spiro atoms. The Kier molecular flexibility index (Phi) is 6.02. The summed E-state index contributed by atoms with van der Waals surface area (Å²) in [4.78, 5) is 12.4. The van der Waals surface area contributed by atoms with Crippen LogP contribution in [0.15, 0.2) is 66.7 Å². The summed E-state index contributed by atoms with van der Waals surface area (Å²) in [6.07, 6.45) is -3.79. The molecule has 3 aromatic rings. The molecule has 3 aromatic carbocycles. The van der Waals surface area contributed by atoms with E-state index in [4.69, 9.17) is 0 Å². The molecule has 0 aromatic heterocycles. The van der Waals surface area contributed by atoms with Gasteiger partial charge in [-0.2, -0.15) is 13.2 Å². The monoisotopic (exact) mass is 436 g/mol. The lowest BCUT2D eigenvalue weighted by atomic mass is 10.1. The van der Waals surface area contributed by atoms with Crippen LogP contribution in [0.2, 0.25) is 0 Å². The zero-order valence-electron chi connectivity index (χ0n) is 16.0. The summed E-state index contributed by atoms with van der Waals surface area (Å²) in [5, 5.41) is 4.65. The van der Waals surface area contributed by atoms with Gasteiger partial charge in [0, 0.05) is 6.54 Å². The minimum absolute atomic E-state index is 0.157. The molecule has 9 heteroatoms. The van der Waals surface area contributed by atoms with Crippen LogP contribution >= 0.6 is 0 Å². The van der Waals surface area contributed by atoms with Crippen molar-refractivity contribution in [1.82, 2.24) is 5.32 Å². The maximum atomic E-state index is 13.0. The summed E-state index contributed by atoms with van der Waals surface area (Å²) in [5.74, 6) is -0.633. The Balaban J connectivity index is 1.74. The van der Waals surface area contributed by atoms with Gasteiger partial charge in [0.25, 0.3) is 0 Å². The lowest BCUT2D eigenvalue weighted by Crippen LogP contribution is -2.40. The molecule has 0 bridgehead atoms. The highest BCUT2D eigenvalue weighted by molar-refractivity contribution is 7.92. The molecule has 1 N–H and O–H groups in total. The molecule has 0 saturated carbocycles. The number of halogens is 3. The molecule has 0 fully saturated rings. The minimum Gasteiger partial charge on any atom is -0.350 e. The van der Waals surface area contributed by atoms with Crippen LogP contribution < -0.4 is 9.62 Å². The van der Waals surface area contributed by atoms with E-state index in [2.05, 4.69) is 5.32 Å². The van der Waals surface area contributed by atoms with Gasteiger partial charge < -0.3 is 5.32 Å². The Bertz CT molecular complexity index is 1180. The Morgan fingerprint density at radius 2 is 1.67 bits per heavy atom. The fraction of sp³-hybridized carbons (Fsp3) is 0.190. The van der Waals surface area contributed by atoms with E-state index in [0.29, 0.717) is 10.4 Å². The number of sulfonamides is 1. The molecule has 30 heavy (non-hydrogen) atoms. The summed E-state index contributed by atoms with van der Waals surface area (Å²) in [7, 11) is -3.98. The second kappa shape index (κ2) is 8.35. The maximum Gasteiger partial charge on any atom is 0.416 e. The number of nitrogens with zero attached hydrogens (tertiary/aromatic N) is 1. The molecule has 0 radical (unpaired) electrons. The molecule has 1 amide bonds. The molecule has 3 rings (SSSR count). The van der Waals surface area contributed by atoms with E-state index < -0.39 is 34.2 Å². The third-order valence-corrected chi connectivity index (χ3v) is 5.59. The Morgan fingerprint density at radius 3 is 2.33 bits per heavy atom. The number of anilines is 1. The molecular weight excluding hydrogens is 417 g/mol.